The van der Waals surface area contributed by atoms with Crippen LogP contribution in [0.2, 0.25) is 0 Å². The first-order valence-electron chi connectivity index (χ1n) is 5.55. The van der Waals surface area contributed by atoms with Crippen molar-refractivity contribution in [1.82, 2.24) is 15.1 Å². The monoisotopic (exact) mass is 285 g/mol. The molecule has 5 heteroatoms. The summed E-state index contributed by atoms with van der Waals surface area (Å²) in [6.45, 7) is 1.84. The van der Waals surface area contributed by atoms with E-state index in [2.05, 4.69) is 26.3 Å². The van der Waals surface area contributed by atoms with E-state index in [-0.39, 0.29) is 16.8 Å². The van der Waals surface area contributed by atoms with E-state index in [1.165, 1.54) is 11.3 Å². The van der Waals surface area contributed by atoms with Gasteiger partial charge in [0.1, 0.15) is 0 Å². The molecule has 1 aliphatic carbocycles. The Bertz CT molecular complexity index is 400. The highest BCUT2D eigenvalue weighted by molar-refractivity contribution is 9.10. The summed E-state index contributed by atoms with van der Waals surface area (Å²) in [6, 6.07) is 0.130. The Labute approximate surface area is 104 Å². The van der Waals surface area contributed by atoms with Crippen LogP contribution in [-0.2, 0) is 18.3 Å². The predicted octanol–water partition coefficient (Wildman–Crippen LogP) is 1.70. The number of amides is 1. The number of aryl methyl sites for hydroxylation is 1. The zero-order valence-corrected chi connectivity index (χ0v) is 11.1. The van der Waals surface area contributed by atoms with Crippen molar-refractivity contribution in [2.45, 2.75) is 37.1 Å². The minimum absolute atomic E-state index is 0.0432. The Hall–Kier alpha value is -0.840. The van der Waals surface area contributed by atoms with Crippen LogP contribution in [0.3, 0.4) is 0 Å². The smallest absolute Gasteiger partial charge is 0.233 e. The van der Waals surface area contributed by atoms with Crippen molar-refractivity contribution in [3.05, 3.63) is 17.5 Å². The van der Waals surface area contributed by atoms with Gasteiger partial charge < -0.3 is 5.32 Å². The molecule has 2 unspecified atom stereocenters. The Morgan fingerprint density at radius 2 is 2.50 bits per heavy atom. The standard InChI is InChI=1S/C11H16BrN3O/c1-7(12)11(16)14-9-4-3-5-10-8(9)6-13-15(10)2/h6-7,9H,3-5H2,1-2H3,(H,14,16). The van der Waals surface area contributed by atoms with Gasteiger partial charge in [0.15, 0.2) is 0 Å². The van der Waals surface area contributed by atoms with Crippen molar-refractivity contribution in [1.29, 1.82) is 0 Å². The van der Waals surface area contributed by atoms with Gasteiger partial charge in [-0.2, -0.15) is 5.10 Å². The number of nitrogens with zero attached hydrogens (tertiary/aromatic N) is 2. The summed E-state index contributed by atoms with van der Waals surface area (Å²) < 4.78 is 1.91. The number of halogens is 1. The fourth-order valence-corrected chi connectivity index (χ4v) is 2.27. The number of hydrogen-bond donors (Lipinski definition) is 1. The molecular formula is C11H16BrN3O. The van der Waals surface area contributed by atoms with E-state index >= 15 is 0 Å². The van der Waals surface area contributed by atoms with Crippen LogP contribution in [-0.4, -0.2) is 20.5 Å². The molecule has 1 aliphatic rings. The Morgan fingerprint density at radius 3 is 3.19 bits per heavy atom. The van der Waals surface area contributed by atoms with Gasteiger partial charge in [-0.25, -0.2) is 0 Å². The Kier molecular flexibility index (Phi) is 3.33. The van der Waals surface area contributed by atoms with Crippen LogP contribution in [0, 0.1) is 0 Å². The molecule has 0 bridgehead atoms. The number of fused-ring (bicyclic) bond motifs is 1. The second kappa shape index (κ2) is 4.57. The van der Waals surface area contributed by atoms with Gasteiger partial charge in [0.05, 0.1) is 17.1 Å². The summed E-state index contributed by atoms with van der Waals surface area (Å²) in [5.74, 6) is 0.0432. The molecule has 1 aromatic rings. The number of aromatic nitrogens is 2. The first-order valence-corrected chi connectivity index (χ1v) is 6.46. The maximum atomic E-state index is 11.6. The van der Waals surface area contributed by atoms with Gasteiger partial charge in [-0.1, -0.05) is 15.9 Å². The van der Waals surface area contributed by atoms with Crippen LogP contribution < -0.4 is 5.32 Å². The Balaban J connectivity index is 2.16. The molecular weight excluding hydrogens is 270 g/mol. The molecule has 0 aromatic carbocycles. The van der Waals surface area contributed by atoms with Crippen LogP contribution in [0.1, 0.15) is 37.1 Å². The van der Waals surface area contributed by atoms with Crippen LogP contribution >= 0.6 is 15.9 Å². The second-order valence-corrected chi connectivity index (χ2v) is 5.61. The largest absolute Gasteiger partial charge is 0.348 e. The van der Waals surface area contributed by atoms with Crippen molar-refractivity contribution < 1.29 is 4.79 Å². The lowest BCUT2D eigenvalue weighted by atomic mass is 9.93. The molecule has 0 spiro atoms. The summed E-state index contributed by atoms with van der Waals surface area (Å²) in [5.41, 5.74) is 2.43. The number of rotatable bonds is 2. The molecule has 1 N–H and O–H groups in total. The predicted molar refractivity (Wildman–Crippen MR) is 65.4 cm³/mol. The highest BCUT2D eigenvalue weighted by Gasteiger charge is 2.25. The van der Waals surface area contributed by atoms with Gasteiger partial charge in [0.25, 0.3) is 0 Å². The summed E-state index contributed by atoms with van der Waals surface area (Å²) in [4.78, 5) is 11.5. The molecule has 1 amide bonds. The van der Waals surface area contributed by atoms with E-state index in [0.29, 0.717) is 0 Å². The number of carbonyl (C=O) groups is 1. The number of nitrogens with one attached hydrogen (secondary N) is 1. The minimum Gasteiger partial charge on any atom is -0.348 e. The average molecular weight is 286 g/mol. The highest BCUT2D eigenvalue weighted by Crippen LogP contribution is 2.29. The van der Waals surface area contributed by atoms with Gasteiger partial charge in [0, 0.05) is 18.3 Å². The van der Waals surface area contributed by atoms with Gasteiger partial charge in [-0.15, -0.1) is 0 Å². The third-order valence-electron chi connectivity index (χ3n) is 3.05. The fourth-order valence-electron chi connectivity index (χ4n) is 2.14. The van der Waals surface area contributed by atoms with E-state index in [1.807, 2.05) is 24.9 Å². The first-order chi connectivity index (χ1) is 7.59. The maximum Gasteiger partial charge on any atom is 0.233 e. The van der Waals surface area contributed by atoms with E-state index in [9.17, 15) is 4.79 Å². The topological polar surface area (TPSA) is 46.9 Å². The van der Waals surface area contributed by atoms with Crippen molar-refractivity contribution in [3.8, 4) is 0 Å². The van der Waals surface area contributed by atoms with Crippen molar-refractivity contribution in [3.63, 3.8) is 0 Å². The lowest BCUT2D eigenvalue weighted by molar-refractivity contribution is -0.121. The molecule has 0 saturated carbocycles. The van der Waals surface area contributed by atoms with E-state index < -0.39 is 0 Å². The van der Waals surface area contributed by atoms with Crippen LogP contribution in [0.15, 0.2) is 6.20 Å². The average Bonchev–Trinajstić information content (AvgIpc) is 2.62. The molecule has 0 radical (unpaired) electrons. The lowest BCUT2D eigenvalue weighted by Gasteiger charge is -2.24. The van der Waals surface area contributed by atoms with Gasteiger partial charge in [-0.3, -0.25) is 9.48 Å². The van der Waals surface area contributed by atoms with E-state index in [4.69, 9.17) is 0 Å². The maximum absolute atomic E-state index is 11.6. The molecule has 0 aliphatic heterocycles. The van der Waals surface area contributed by atoms with Crippen molar-refractivity contribution in [2.24, 2.45) is 7.05 Å². The van der Waals surface area contributed by atoms with E-state index in [0.717, 1.165) is 19.3 Å². The molecule has 88 valence electrons. The number of carbonyl (C=O) groups excluding carboxylic acids is 1. The zero-order chi connectivity index (χ0) is 11.7. The number of alkyl halides is 1. The normalized spacial score (nSPS) is 21.3. The fraction of sp³-hybridized carbons (Fsp3) is 0.636. The zero-order valence-electron chi connectivity index (χ0n) is 9.53. The second-order valence-electron chi connectivity index (χ2n) is 4.24. The molecule has 4 nitrogen and oxygen atoms in total. The lowest BCUT2D eigenvalue weighted by Crippen LogP contribution is -2.34. The minimum atomic E-state index is -0.144. The molecule has 1 aromatic heterocycles. The third-order valence-corrected chi connectivity index (χ3v) is 3.47. The molecule has 16 heavy (non-hydrogen) atoms. The Morgan fingerprint density at radius 1 is 1.75 bits per heavy atom. The first kappa shape index (κ1) is 11.6. The third kappa shape index (κ3) is 2.14. The highest BCUT2D eigenvalue weighted by atomic mass is 79.9. The SMILES string of the molecule is CC(Br)C(=O)NC1CCCc2c1cnn2C. The van der Waals surface area contributed by atoms with Crippen molar-refractivity contribution >= 4 is 21.8 Å². The summed E-state index contributed by atoms with van der Waals surface area (Å²) >= 11 is 3.28. The summed E-state index contributed by atoms with van der Waals surface area (Å²) in [7, 11) is 1.95. The molecule has 0 saturated heterocycles. The van der Waals surface area contributed by atoms with Gasteiger partial charge in [0.2, 0.25) is 5.91 Å². The quantitative estimate of drug-likeness (QED) is 0.841. The molecule has 2 atom stereocenters. The van der Waals surface area contributed by atoms with Gasteiger partial charge in [-0.05, 0) is 26.2 Å². The molecule has 1 heterocycles. The summed E-state index contributed by atoms with van der Waals surface area (Å²) in [5, 5.41) is 7.30. The number of hydrogen-bond acceptors (Lipinski definition) is 2. The van der Waals surface area contributed by atoms with Crippen molar-refractivity contribution in [2.75, 3.05) is 0 Å². The molecule has 2 rings (SSSR count). The molecule has 0 fully saturated rings. The van der Waals surface area contributed by atoms with Crippen LogP contribution in [0.4, 0.5) is 0 Å². The van der Waals surface area contributed by atoms with Crippen LogP contribution in [0.5, 0.6) is 0 Å². The van der Waals surface area contributed by atoms with Gasteiger partial charge >= 0.3 is 0 Å². The van der Waals surface area contributed by atoms with E-state index in [1.54, 1.807) is 0 Å². The van der Waals surface area contributed by atoms with Crippen LogP contribution in [0.25, 0.3) is 0 Å². The summed E-state index contributed by atoms with van der Waals surface area (Å²) in [6.07, 6.45) is 5.04.